The molecule has 0 saturated carbocycles. The second-order valence-corrected chi connectivity index (χ2v) is 3.06. The zero-order chi connectivity index (χ0) is 10.5. The highest BCUT2D eigenvalue weighted by molar-refractivity contribution is 5.20. The van der Waals surface area contributed by atoms with E-state index < -0.39 is 0 Å². The standard InChI is InChI=1S/C11H12N2O2/c1-2-10-12-11(15-13-10)8-14-9-6-4-3-5-7-9/h3-7H,2,8H2,1H3. The number of para-hydroxylation sites is 1. The Balaban J connectivity index is 1.93. The third-order valence-electron chi connectivity index (χ3n) is 1.93. The average molecular weight is 204 g/mol. The third-order valence-corrected chi connectivity index (χ3v) is 1.93. The van der Waals surface area contributed by atoms with Gasteiger partial charge in [0.2, 0.25) is 0 Å². The number of hydrogen-bond donors (Lipinski definition) is 0. The van der Waals surface area contributed by atoms with Crippen molar-refractivity contribution in [2.24, 2.45) is 0 Å². The molecule has 78 valence electrons. The zero-order valence-electron chi connectivity index (χ0n) is 8.51. The monoisotopic (exact) mass is 204 g/mol. The van der Waals surface area contributed by atoms with Gasteiger partial charge < -0.3 is 9.26 Å². The van der Waals surface area contributed by atoms with Gasteiger partial charge in [0.1, 0.15) is 5.75 Å². The van der Waals surface area contributed by atoms with Gasteiger partial charge in [-0.05, 0) is 12.1 Å². The summed E-state index contributed by atoms with van der Waals surface area (Å²) in [7, 11) is 0. The lowest BCUT2D eigenvalue weighted by molar-refractivity contribution is 0.242. The molecule has 0 N–H and O–H groups in total. The van der Waals surface area contributed by atoms with Crippen LogP contribution in [-0.2, 0) is 13.0 Å². The van der Waals surface area contributed by atoms with E-state index in [0.29, 0.717) is 18.3 Å². The van der Waals surface area contributed by atoms with Crippen LogP contribution in [0, 0.1) is 0 Å². The molecule has 1 aromatic carbocycles. The summed E-state index contributed by atoms with van der Waals surface area (Å²) >= 11 is 0. The van der Waals surface area contributed by atoms with E-state index in [1.807, 2.05) is 37.3 Å². The SMILES string of the molecule is CCc1noc(COc2ccccc2)n1. The molecular formula is C11H12N2O2. The Morgan fingerprint density at radius 3 is 2.73 bits per heavy atom. The van der Waals surface area contributed by atoms with Crippen molar-refractivity contribution in [3.05, 3.63) is 42.0 Å². The quantitative estimate of drug-likeness (QED) is 0.766. The van der Waals surface area contributed by atoms with Crippen LogP contribution < -0.4 is 4.74 Å². The molecule has 2 aromatic rings. The number of aryl methyl sites for hydroxylation is 1. The van der Waals surface area contributed by atoms with Gasteiger partial charge in [0, 0.05) is 6.42 Å². The predicted molar refractivity (Wildman–Crippen MR) is 54.5 cm³/mol. The first-order valence-corrected chi connectivity index (χ1v) is 4.88. The summed E-state index contributed by atoms with van der Waals surface area (Å²) in [6, 6.07) is 9.55. The smallest absolute Gasteiger partial charge is 0.264 e. The highest BCUT2D eigenvalue weighted by Gasteiger charge is 2.04. The first kappa shape index (κ1) is 9.71. The molecule has 4 nitrogen and oxygen atoms in total. The maximum Gasteiger partial charge on any atom is 0.264 e. The lowest BCUT2D eigenvalue weighted by atomic mass is 10.3. The molecule has 0 bridgehead atoms. The minimum atomic E-state index is 0.316. The van der Waals surface area contributed by atoms with Gasteiger partial charge in [0.15, 0.2) is 12.4 Å². The second kappa shape index (κ2) is 4.59. The van der Waals surface area contributed by atoms with Crippen molar-refractivity contribution < 1.29 is 9.26 Å². The summed E-state index contributed by atoms with van der Waals surface area (Å²) < 4.78 is 10.4. The number of nitrogens with zero attached hydrogens (tertiary/aromatic N) is 2. The summed E-state index contributed by atoms with van der Waals surface area (Å²) in [5.41, 5.74) is 0. The van der Waals surface area contributed by atoms with Gasteiger partial charge in [0.25, 0.3) is 5.89 Å². The summed E-state index contributed by atoms with van der Waals surface area (Å²) in [6.45, 7) is 2.30. The fraction of sp³-hybridized carbons (Fsp3) is 0.273. The first-order chi connectivity index (χ1) is 7.38. The predicted octanol–water partition coefficient (Wildman–Crippen LogP) is 2.21. The van der Waals surface area contributed by atoms with Gasteiger partial charge in [0.05, 0.1) is 0 Å². The molecule has 1 heterocycles. The summed E-state index contributed by atoms with van der Waals surface area (Å²) in [6.07, 6.45) is 0.773. The Hall–Kier alpha value is -1.84. The number of hydrogen-bond acceptors (Lipinski definition) is 4. The van der Waals surface area contributed by atoms with E-state index >= 15 is 0 Å². The lowest BCUT2D eigenvalue weighted by Crippen LogP contribution is -1.95. The van der Waals surface area contributed by atoms with E-state index in [2.05, 4.69) is 10.1 Å². The molecule has 4 heteroatoms. The molecular weight excluding hydrogens is 192 g/mol. The number of aromatic nitrogens is 2. The Morgan fingerprint density at radius 1 is 1.27 bits per heavy atom. The molecule has 0 aliphatic carbocycles. The van der Waals surface area contributed by atoms with Crippen LogP contribution in [0.25, 0.3) is 0 Å². The van der Waals surface area contributed by atoms with Crippen molar-refractivity contribution in [3.8, 4) is 5.75 Å². The average Bonchev–Trinajstić information content (AvgIpc) is 2.76. The minimum absolute atomic E-state index is 0.316. The Morgan fingerprint density at radius 2 is 2.07 bits per heavy atom. The summed E-state index contributed by atoms with van der Waals surface area (Å²) in [5.74, 6) is 2.02. The third kappa shape index (κ3) is 2.56. The Bertz CT molecular complexity index is 412. The van der Waals surface area contributed by atoms with E-state index in [0.717, 1.165) is 12.2 Å². The molecule has 0 aliphatic rings. The van der Waals surface area contributed by atoms with Crippen LogP contribution in [0.15, 0.2) is 34.9 Å². The highest BCUT2D eigenvalue weighted by Crippen LogP contribution is 2.10. The van der Waals surface area contributed by atoms with Gasteiger partial charge in [-0.1, -0.05) is 30.3 Å². The maximum absolute atomic E-state index is 5.45. The van der Waals surface area contributed by atoms with Crippen molar-refractivity contribution in [2.45, 2.75) is 20.0 Å². The minimum Gasteiger partial charge on any atom is -0.484 e. The van der Waals surface area contributed by atoms with E-state index in [-0.39, 0.29) is 0 Å². The van der Waals surface area contributed by atoms with Gasteiger partial charge in [-0.2, -0.15) is 4.98 Å². The lowest BCUT2D eigenvalue weighted by Gasteiger charge is -2.00. The molecule has 0 atom stereocenters. The second-order valence-electron chi connectivity index (χ2n) is 3.06. The first-order valence-electron chi connectivity index (χ1n) is 4.88. The fourth-order valence-corrected chi connectivity index (χ4v) is 1.15. The number of rotatable bonds is 4. The van der Waals surface area contributed by atoms with Crippen LogP contribution in [0.3, 0.4) is 0 Å². The molecule has 0 amide bonds. The molecule has 0 spiro atoms. The molecule has 0 fully saturated rings. The van der Waals surface area contributed by atoms with Gasteiger partial charge in [-0.15, -0.1) is 0 Å². The van der Waals surface area contributed by atoms with E-state index in [1.54, 1.807) is 0 Å². The normalized spacial score (nSPS) is 10.2. The molecule has 0 unspecified atom stereocenters. The van der Waals surface area contributed by atoms with Gasteiger partial charge >= 0.3 is 0 Å². The molecule has 0 radical (unpaired) electrons. The van der Waals surface area contributed by atoms with E-state index in [9.17, 15) is 0 Å². The van der Waals surface area contributed by atoms with Crippen LogP contribution in [0.5, 0.6) is 5.75 Å². The highest BCUT2D eigenvalue weighted by atomic mass is 16.5. The van der Waals surface area contributed by atoms with Crippen molar-refractivity contribution >= 4 is 0 Å². The maximum atomic E-state index is 5.45. The van der Waals surface area contributed by atoms with Crippen LogP contribution >= 0.6 is 0 Å². The van der Waals surface area contributed by atoms with Crippen molar-refractivity contribution in [1.82, 2.24) is 10.1 Å². The molecule has 0 saturated heterocycles. The van der Waals surface area contributed by atoms with Crippen LogP contribution in [0.2, 0.25) is 0 Å². The molecule has 1 aromatic heterocycles. The van der Waals surface area contributed by atoms with Crippen molar-refractivity contribution in [3.63, 3.8) is 0 Å². The number of benzene rings is 1. The summed E-state index contributed by atoms with van der Waals surface area (Å²) in [4.78, 5) is 4.14. The molecule has 2 rings (SSSR count). The van der Waals surface area contributed by atoms with Crippen LogP contribution in [0.1, 0.15) is 18.6 Å². The van der Waals surface area contributed by atoms with Gasteiger partial charge in [-0.25, -0.2) is 0 Å². The Labute approximate surface area is 87.9 Å². The molecule has 0 aliphatic heterocycles. The van der Waals surface area contributed by atoms with Crippen molar-refractivity contribution in [2.75, 3.05) is 0 Å². The van der Waals surface area contributed by atoms with Crippen LogP contribution in [0.4, 0.5) is 0 Å². The van der Waals surface area contributed by atoms with E-state index in [4.69, 9.17) is 9.26 Å². The fourth-order valence-electron chi connectivity index (χ4n) is 1.15. The largest absolute Gasteiger partial charge is 0.484 e. The Kier molecular flexibility index (Phi) is 2.97. The van der Waals surface area contributed by atoms with Crippen molar-refractivity contribution in [1.29, 1.82) is 0 Å². The number of ether oxygens (including phenoxy) is 1. The topological polar surface area (TPSA) is 48.2 Å². The zero-order valence-corrected chi connectivity index (χ0v) is 8.51. The van der Waals surface area contributed by atoms with Gasteiger partial charge in [-0.3, -0.25) is 0 Å². The van der Waals surface area contributed by atoms with Crippen LogP contribution in [-0.4, -0.2) is 10.1 Å². The summed E-state index contributed by atoms with van der Waals surface area (Å²) in [5, 5.41) is 3.78. The molecule has 15 heavy (non-hydrogen) atoms. The van der Waals surface area contributed by atoms with E-state index in [1.165, 1.54) is 0 Å².